The molecular weight excluding hydrogens is 530 g/mol. The number of fused-ring (bicyclic) bond motifs is 1. The minimum Gasteiger partial charge on any atom is -0.489 e. The third-order valence-electron chi connectivity index (χ3n) is 8.08. The molecule has 3 aromatic rings. The molecule has 0 aliphatic heterocycles. The van der Waals surface area contributed by atoms with Crippen molar-refractivity contribution in [1.82, 2.24) is 0 Å². The Labute approximate surface area is 247 Å². The highest BCUT2D eigenvalue weighted by molar-refractivity contribution is 6.02. The van der Waals surface area contributed by atoms with Crippen molar-refractivity contribution in [2.24, 2.45) is 5.92 Å². The molecule has 1 unspecified atom stereocenters. The lowest BCUT2D eigenvalue weighted by Crippen LogP contribution is -2.19. The highest BCUT2D eigenvalue weighted by Gasteiger charge is 2.25. The third kappa shape index (κ3) is 7.38. The van der Waals surface area contributed by atoms with E-state index in [9.17, 15) is 14.4 Å². The van der Waals surface area contributed by atoms with Crippen molar-refractivity contribution in [3.8, 4) is 17.2 Å². The van der Waals surface area contributed by atoms with Gasteiger partial charge < -0.3 is 19.5 Å². The second-order valence-electron chi connectivity index (χ2n) is 11.2. The predicted octanol–water partition coefficient (Wildman–Crippen LogP) is 7.05. The summed E-state index contributed by atoms with van der Waals surface area (Å²) in [5, 5.41) is 2.92. The Morgan fingerprint density at radius 3 is 2.57 bits per heavy atom. The normalized spacial score (nSPS) is 15.8. The third-order valence-corrected chi connectivity index (χ3v) is 8.08. The van der Waals surface area contributed by atoms with Crippen molar-refractivity contribution in [2.75, 3.05) is 11.9 Å². The number of esters is 1. The molecule has 42 heavy (non-hydrogen) atoms. The second kappa shape index (κ2) is 13.7. The van der Waals surface area contributed by atoms with Crippen LogP contribution in [0, 0.1) is 12.8 Å². The van der Waals surface area contributed by atoms with Gasteiger partial charge in [-0.1, -0.05) is 30.3 Å². The van der Waals surface area contributed by atoms with E-state index in [1.807, 2.05) is 55.5 Å². The van der Waals surface area contributed by atoms with Gasteiger partial charge in [-0.15, -0.1) is 0 Å². The van der Waals surface area contributed by atoms with Gasteiger partial charge in [-0.3, -0.25) is 14.4 Å². The van der Waals surface area contributed by atoms with E-state index in [0.29, 0.717) is 31.1 Å². The summed E-state index contributed by atoms with van der Waals surface area (Å²) in [5.41, 5.74) is 5.97. The van der Waals surface area contributed by atoms with Crippen LogP contribution in [0.5, 0.6) is 17.2 Å². The SMILES string of the molecule is CCOC(=O)CC(=O)Nc1cc(C)c(Oc2ccc(OCc3ccccc3)c(CCC3CCC(=O)C3)c2)c2c1CCC2. The topological polar surface area (TPSA) is 90.9 Å². The fourth-order valence-electron chi connectivity index (χ4n) is 6.00. The first-order chi connectivity index (χ1) is 20.4. The molecule has 1 atom stereocenters. The fraction of sp³-hybridized carbons (Fsp3) is 0.400. The summed E-state index contributed by atoms with van der Waals surface area (Å²) >= 11 is 0. The highest BCUT2D eigenvalue weighted by atomic mass is 16.5. The summed E-state index contributed by atoms with van der Waals surface area (Å²) in [7, 11) is 0. The highest BCUT2D eigenvalue weighted by Crippen LogP contribution is 2.41. The van der Waals surface area contributed by atoms with Gasteiger partial charge in [-0.05, 0) is 105 Å². The minimum atomic E-state index is -0.533. The minimum absolute atomic E-state index is 0.245. The van der Waals surface area contributed by atoms with Gasteiger partial charge in [0.05, 0.1) is 6.61 Å². The van der Waals surface area contributed by atoms with Crippen LogP contribution in [0.25, 0.3) is 0 Å². The van der Waals surface area contributed by atoms with Crippen LogP contribution in [0.1, 0.15) is 73.3 Å². The number of rotatable bonds is 12. The molecule has 0 saturated heterocycles. The van der Waals surface area contributed by atoms with E-state index in [1.165, 1.54) is 0 Å². The summed E-state index contributed by atoms with van der Waals surface area (Å²) in [6.45, 7) is 4.42. The Balaban J connectivity index is 1.35. The zero-order valence-corrected chi connectivity index (χ0v) is 24.5. The van der Waals surface area contributed by atoms with Gasteiger partial charge in [0.15, 0.2) is 0 Å². The van der Waals surface area contributed by atoms with Gasteiger partial charge in [0.25, 0.3) is 0 Å². The van der Waals surface area contributed by atoms with Gasteiger partial charge in [-0.2, -0.15) is 0 Å². The van der Waals surface area contributed by atoms with E-state index < -0.39 is 5.97 Å². The largest absolute Gasteiger partial charge is 0.489 e. The maximum absolute atomic E-state index is 12.5. The lowest BCUT2D eigenvalue weighted by molar-refractivity contribution is -0.145. The van der Waals surface area contributed by atoms with Crippen molar-refractivity contribution >= 4 is 23.3 Å². The molecule has 1 N–H and O–H groups in total. The standard InChI is InChI=1S/C35H39NO6/c1-3-40-34(39)21-33(38)36-31-18-23(2)35(30-11-7-10-29(30)31)42-28-16-17-32(41-22-25-8-5-4-6-9-25)26(20-28)14-12-24-13-15-27(37)19-24/h4-6,8-9,16-18,20,24H,3,7,10-15,19,21-22H2,1-2H3,(H,36,38). The number of carbonyl (C=O) groups excluding carboxylic acids is 3. The molecule has 7 nitrogen and oxygen atoms in total. The fourth-order valence-corrected chi connectivity index (χ4v) is 6.00. The molecule has 0 bridgehead atoms. The van der Waals surface area contributed by atoms with E-state index in [1.54, 1.807) is 6.92 Å². The number of amides is 1. The number of ether oxygens (including phenoxy) is 3. The summed E-state index contributed by atoms with van der Waals surface area (Å²) in [5.74, 6) is 2.25. The van der Waals surface area contributed by atoms with E-state index in [2.05, 4.69) is 11.4 Å². The molecule has 0 heterocycles. The van der Waals surface area contributed by atoms with Gasteiger partial charge >= 0.3 is 5.97 Å². The van der Waals surface area contributed by atoms with Crippen LogP contribution in [0.4, 0.5) is 5.69 Å². The molecule has 1 amide bonds. The number of hydrogen-bond acceptors (Lipinski definition) is 6. The van der Waals surface area contributed by atoms with E-state index in [4.69, 9.17) is 14.2 Å². The second-order valence-corrected chi connectivity index (χ2v) is 11.2. The van der Waals surface area contributed by atoms with E-state index in [-0.39, 0.29) is 18.9 Å². The number of anilines is 1. The molecule has 3 aromatic carbocycles. The molecule has 0 aromatic heterocycles. The van der Waals surface area contributed by atoms with Crippen LogP contribution in [0.15, 0.2) is 54.6 Å². The average Bonchev–Trinajstić information content (AvgIpc) is 3.63. The van der Waals surface area contributed by atoms with Crippen LogP contribution >= 0.6 is 0 Å². The first-order valence-corrected chi connectivity index (χ1v) is 15.0. The maximum Gasteiger partial charge on any atom is 0.315 e. The quantitative estimate of drug-likeness (QED) is 0.186. The van der Waals surface area contributed by atoms with Crippen LogP contribution in [0.3, 0.4) is 0 Å². The number of ketones is 1. The Kier molecular flexibility index (Phi) is 9.57. The average molecular weight is 570 g/mol. The Bertz CT molecular complexity index is 1450. The zero-order chi connectivity index (χ0) is 29.5. The molecule has 1 fully saturated rings. The monoisotopic (exact) mass is 569 g/mol. The van der Waals surface area contributed by atoms with Crippen molar-refractivity contribution in [3.63, 3.8) is 0 Å². The number of benzene rings is 3. The van der Waals surface area contributed by atoms with Crippen molar-refractivity contribution in [1.29, 1.82) is 0 Å². The molecule has 2 aliphatic rings. The predicted molar refractivity (Wildman–Crippen MR) is 161 cm³/mol. The number of aryl methyl sites for hydroxylation is 2. The molecule has 7 heteroatoms. The van der Waals surface area contributed by atoms with Crippen LogP contribution in [-0.2, 0) is 45.0 Å². The van der Waals surface area contributed by atoms with Gasteiger partial charge in [-0.25, -0.2) is 0 Å². The van der Waals surface area contributed by atoms with Crippen LogP contribution < -0.4 is 14.8 Å². The van der Waals surface area contributed by atoms with E-state index >= 15 is 0 Å². The van der Waals surface area contributed by atoms with Gasteiger partial charge in [0.1, 0.15) is 36.1 Å². The number of hydrogen-bond donors (Lipinski definition) is 1. The summed E-state index contributed by atoms with van der Waals surface area (Å²) in [6.07, 6.45) is 6.41. The molecular formula is C35H39NO6. The smallest absolute Gasteiger partial charge is 0.315 e. The number of carbonyl (C=O) groups is 3. The summed E-state index contributed by atoms with van der Waals surface area (Å²) in [6, 6.07) is 18.0. The molecule has 1 saturated carbocycles. The van der Waals surface area contributed by atoms with Crippen molar-refractivity contribution < 1.29 is 28.6 Å². The van der Waals surface area contributed by atoms with Gasteiger partial charge in [0, 0.05) is 24.1 Å². The molecule has 5 rings (SSSR count). The van der Waals surface area contributed by atoms with Crippen LogP contribution in [0.2, 0.25) is 0 Å². The Morgan fingerprint density at radius 2 is 1.81 bits per heavy atom. The van der Waals surface area contributed by atoms with E-state index in [0.717, 1.165) is 89.3 Å². The Hall–Kier alpha value is -4.13. The number of nitrogens with one attached hydrogen (secondary N) is 1. The summed E-state index contributed by atoms with van der Waals surface area (Å²) in [4.78, 5) is 36.1. The molecule has 0 radical (unpaired) electrons. The molecule has 0 spiro atoms. The molecule has 2 aliphatic carbocycles. The molecule has 220 valence electrons. The number of Topliss-reactive ketones (excluding diaryl/α,β-unsaturated/α-hetero) is 1. The van der Waals surface area contributed by atoms with Crippen molar-refractivity contribution in [2.45, 2.75) is 78.2 Å². The first-order valence-electron chi connectivity index (χ1n) is 15.0. The Morgan fingerprint density at radius 1 is 1.00 bits per heavy atom. The van der Waals surface area contributed by atoms with Crippen LogP contribution in [-0.4, -0.2) is 24.3 Å². The van der Waals surface area contributed by atoms with Crippen molar-refractivity contribution in [3.05, 3.63) is 82.4 Å². The first kappa shape index (κ1) is 29.4. The zero-order valence-electron chi connectivity index (χ0n) is 24.5. The lowest BCUT2D eigenvalue weighted by Gasteiger charge is -2.19. The maximum atomic E-state index is 12.5. The summed E-state index contributed by atoms with van der Waals surface area (Å²) < 4.78 is 17.7. The lowest BCUT2D eigenvalue weighted by atomic mass is 9.97. The van der Waals surface area contributed by atoms with Gasteiger partial charge in [0.2, 0.25) is 5.91 Å².